The SMILES string of the molecule is C=CCCC(=O)Nc1cccc2c1CNCC2. The maximum atomic E-state index is 11.7. The molecule has 90 valence electrons. The van der Waals surface area contributed by atoms with Gasteiger partial charge in [0.15, 0.2) is 0 Å². The zero-order chi connectivity index (χ0) is 12.1. The van der Waals surface area contributed by atoms with E-state index in [1.807, 2.05) is 12.1 Å². The molecular weight excluding hydrogens is 212 g/mol. The highest BCUT2D eigenvalue weighted by Crippen LogP contribution is 2.23. The molecule has 0 radical (unpaired) electrons. The van der Waals surface area contributed by atoms with E-state index < -0.39 is 0 Å². The third-order valence-electron chi connectivity index (χ3n) is 3.00. The lowest BCUT2D eigenvalue weighted by Crippen LogP contribution is -2.25. The van der Waals surface area contributed by atoms with E-state index in [4.69, 9.17) is 0 Å². The summed E-state index contributed by atoms with van der Waals surface area (Å²) < 4.78 is 0. The van der Waals surface area contributed by atoms with Crippen molar-refractivity contribution in [3.05, 3.63) is 42.0 Å². The van der Waals surface area contributed by atoms with Crippen LogP contribution in [0, 0.1) is 0 Å². The smallest absolute Gasteiger partial charge is 0.224 e. The summed E-state index contributed by atoms with van der Waals surface area (Å²) in [6.07, 6.45) is 4.02. The first-order valence-corrected chi connectivity index (χ1v) is 6.03. The average Bonchev–Trinajstić information content (AvgIpc) is 2.37. The third kappa shape index (κ3) is 2.94. The molecule has 0 saturated heterocycles. The van der Waals surface area contributed by atoms with E-state index in [1.54, 1.807) is 6.08 Å². The normalized spacial score (nSPS) is 13.9. The summed E-state index contributed by atoms with van der Waals surface area (Å²) in [7, 11) is 0. The van der Waals surface area contributed by atoms with Crippen molar-refractivity contribution in [3.63, 3.8) is 0 Å². The van der Waals surface area contributed by atoms with Crippen LogP contribution in [0.25, 0.3) is 0 Å². The van der Waals surface area contributed by atoms with Gasteiger partial charge in [0, 0.05) is 18.7 Å². The van der Waals surface area contributed by atoms with Crippen molar-refractivity contribution < 1.29 is 4.79 Å². The van der Waals surface area contributed by atoms with E-state index in [0.29, 0.717) is 6.42 Å². The van der Waals surface area contributed by atoms with Crippen LogP contribution in [0.1, 0.15) is 24.0 Å². The van der Waals surface area contributed by atoms with Crippen LogP contribution in [0.5, 0.6) is 0 Å². The molecule has 2 rings (SSSR count). The van der Waals surface area contributed by atoms with Crippen LogP contribution in [-0.2, 0) is 17.8 Å². The first kappa shape index (κ1) is 11.9. The Hall–Kier alpha value is -1.61. The highest BCUT2D eigenvalue weighted by atomic mass is 16.1. The standard InChI is InChI=1S/C14H18N2O/c1-2-3-7-14(17)16-13-6-4-5-11-8-9-15-10-12(11)13/h2,4-6,15H,1,3,7-10H2,(H,16,17). The number of hydrogen-bond acceptors (Lipinski definition) is 2. The van der Waals surface area contributed by atoms with Crippen LogP contribution in [0.15, 0.2) is 30.9 Å². The fourth-order valence-electron chi connectivity index (χ4n) is 2.08. The van der Waals surface area contributed by atoms with Crippen LogP contribution in [0.3, 0.4) is 0 Å². The van der Waals surface area contributed by atoms with Gasteiger partial charge in [-0.05, 0) is 36.6 Å². The Bertz CT molecular complexity index is 426. The molecule has 1 aliphatic rings. The summed E-state index contributed by atoms with van der Waals surface area (Å²) in [4.78, 5) is 11.7. The number of hydrogen-bond donors (Lipinski definition) is 2. The molecule has 3 nitrogen and oxygen atoms in total. The first-order chi connectivity index (χ1) is 8.31. The Labute approximate surface area is 102 Å². The minimum absolute atomic E-state index is 0.0591. The number of anilines is 1. The third-order valence-corrected chi connectivity index (χ3v) is 3.00. The molecule has 1 aromatic rings. The molecule has 0 saturated carbocycles. The maximum Gasteiger partial charge on any atom is 0.224 e. The summed E-state index contributed by atoms with van der Waals surface area (Å²) in [5, 5.41) is 6.31. The Kier molecular flexibility index (Phi) is 3.94. The summed E-state index contributed by atoms with van der Waals surface area (Å²) >= 11 is 0. The molecule has 0 atom stereocenters. The van der Waals surface area contributed by atoms with Crippen molar-refractivity contribution in [3.8, 4) is 0 Å². The van der Waals surface area contributed by atoms with E-state index in [9.17, 15) is 4.79 Å². The lowest BCUT2D eigenvalue weighted by Gasteiger charge is -2.20. The van der Waals surface area contributed by atoms with Gasteiger partial charge in [0.2, 0.25) is 5.91 Å². The van der Waals surface area contributed by atoms with Gasteiger partial charge in [-0.15, -0.1) is 6.58 Å². The summed E-state index contributed by atoms with van der Waals surface area (Å²) in [6, 6.07) is 6.11. The Morgan fingerprint density at radius 2 is 2.41 bits per heavy atom. The predicted molar refractivity (Wildman–Crippen MR) is 69.9 cm³/mol. The lowest BCUT2D eigenvalue weighted by atomic mass is 9.99. The average molecular weight is 230 g/mol. The highest BCUT2D eigenvalue weighted by molar-refractivity contribution is 5.91. The summed E-state index contributed by atoms with van der Waals surface area (Å²) in [5.41, 5.74) is 3.51. The van der Waals surface area contributed by atoms with E-state index in [1.165, 1.54) is 11.1 Å². The topological polar surface area (TPSA) is 41.1 Å². The number of nitrogens with one attached hydrogen (secondary N) is 2. The van der Waals surface area contributed by atoms with Crippen LogP contribution in [-0.4, -0.2) is 12.5 Å². The first-order valence-electron chi connectivity index (χ1n) is 6.03. The molecule has 0 aliphatic carbocycles. The number of benzene rings is 1. The van der Waals surface area contributed by atoms with E-state index in [0.717, 1.165) is 31.6 Å². The van der Waals surface area contributed by atoms with E-state index in [-0.39, 0.29) is 5.91 Å². The van der Waals surface area contributed by atoms with Crippen LogP contribution >= 0.6 is 0 Å². The predicted octanol–water partition coefficient (Wildman–Crippen LogP) is 2.24. The zero-order valence-corrected chi connectivity index (χ0v) is 9.96. The molecule has 0 fully saturated rings. The van der Waals surface area contributed by atoms with E-state index in [2.05, 4.69) is 23.3 Å². The van der Waals surface area contributed by atoms with E-state index >= 15 is 0 Å². The molecule has 17 heavy (non-hydrogen) atoms. The number of rotatable bonds is 4. The Morgan fingerprint density at radius 3 is 3.24 bits per heavy atom. The molecule has 3 heteroatoms. The minimum atomic E-state index is 0.0591. The number of carbonyl (C=O) groups is 1. The number of fused-ring (bicyclic) bond motifs is 1. The molecule has 0 bridgehead atoms. The van der Waals surface area contributed by atoms with Crippen LogP contribution in [0.2, 0.25) is 0 Å². The van der Waals surface area contributed by atoms with Gasteiger partial charge in [0.05, 0.1) is 0 Å². The van der Waals surface area contributed by atoms with Gasteiger partial charge >= 0.3 is 0 Å². The molecule has 1 heterocycles. The van der Waals surface area contributed by atoms with Gasteiger partial charge in [-0.2, -0.15) is 0 Å². The molecule has 2 N–H and O–H groups in total. The summed E-state index contributed by atoms with van der Waals surface area (Å²) in [5.74, 6) is 0.0591. The number of carbonyl (C=O) groups excluding carboxylic acids is 1. The molecule has 0 spiro atoms. The second-order valence-electron chi connectivity index (χ2n) is 4.25. The lowest BCUT2D eigenvalue weighted by molar-refractivity contribution is -0.116. The highest BCUT2D eigenvalue weighted by Gasteiger charge is 2.13. The van der Waals surface area contributed by atoms with Crippen LogP contribution in [0.4, 0.5) is 5.69 Å². The monoisotopic (exact) mass is 230 g/mol. The number of amides is 1. The molecule has 1 aliphatic heterocycles. The zero-order valence-electron chi connectivity index (χ0n) is 9.96. The molecular formula is C14H18N2O. The van der Waals surface area contributed by atoms with Crippen molar-refractivity contribution in [1.29, 1.82) is 0 Å². The van der Waals surface area contributed by atoms with Gasteiger partial charge in [0.25, 0.3) is 0 Å². The largest absolute Gasteiger partial charge is 0.326 e. The maximum absolute atomic E-state index is 11.7. The Morgan fingerprint density at radius 1 is 1.53 bits per heavy atom. The fourth-order valence-corrected chi connectivity index (χ4v) is 2.08. The van der Waals surface area contributed by atoms with Crippen molar-refractivity contribution in [2.45, 2.75) is 25.8 Å². The van der Waals surface area contributed by atoms with Crippen molar-refractivity contribution in [2.75, 3.05) is 11.9 Å². The van der Waals surface area contributed by atoms with Gasteiger partial charge in [-0.1, -0.05) is 18.2 Å². The second kappa shape index (κ2) is 5.64. The summed E-state index contributed by atoms with van der Waals surface area (Å²) in [6.45, 7) is 5.48. The van der Waals surface area contributed by atoms with Crippen molar-refractivity contribution >= 4 is 11.6 Å². The molecule has 1 aromatic carbocycles. The van der Waals surface area contributed by atoms with Crippen molar-refractivity contribution in [2.24, 2.45) is 0 Å². The minimum Gasteiger partial charge on any atom is -0.326 e. The molecule has 0 aromatic heterocycles. The molecule has 0 unspecified atom stereocenters. The van der Waals surface area contributed by atoms with Gasteiger partial charge < -0.3 is 10.6 Å². The van der Waals surface area contributed by atoms with Gasteiger partial charge in [0.1, 0.15) is 0 Å². The van der Waals surface area contributed by atoms with Crippen molar-refractivity contribution in [1.82, 2.24) is 5.32 Å². The fraction of sp³-hybridized carbons (Fsp3) is 0.357. The number of allylic oxidation sites excluding steroid dienone is 1. The molecule has 1 amide bonds. The van der Waals surface area contributed by atoms with Gasteiger partial charge in [-0.25, -0.2) is 0 Å². The second-order valence-corrected chi connectivity index (χ2v) is 4.25. The van der Waals surface area contributed by atoms with Crippen LogP contribution < -0.4 is 10.6 Å². The quantitative estimate of drug-likeness (QED) is 0.779. The Balaban J connectivity index is 2.10. The van der Waals surface area contributed by atoms with Gasteiger partial charge in [-0.3, -0.25) is 4.79 Å².